The van der Waals surface area contributed by atoms with Crippen molar-refractivity contribution in [1.29, 1.82) is 5.26 Å². The molecule has 2 aromatic rings. The number of anilines is 1. The van der Waals surface area contributed by atoms with Crippen molar-refractivity contribution in [3.05, 3.63) is 54.1 Å². The second-order valence-corrected chi connectivity index (χ2v) is 6.44. The maximum Gasteiger partial charge on any atom is 0.310 e. The van der Waals surface area contributed by atoms with E-state index in [0.717, 1.165) is 17.0 Å². The highest BCUT2D eigenvalue weighted by Gasteiger charge is 2.50. The van der Waals surface area contributed by atoms with Gasteiger partial charge in [-0.15, -0.1) is 0 Å². The summed E-state index contributed by atoms with van der Waals surface area (Å²) < 4.78 is 15.5. The summed E-state index contributed by atoms with van der Waals surface area (Å²) in [5.74, 6) is 0.682. The molecule has 0 bridgehead atoms. The Labute approximate surface area is 158 Å². The van der Waals surface area contributed by atoms with E-state index in [1.54, 1.807) is 14.2 Å². The summed E-state index contributed by atoms with van der Waals surface area (Å²) in [7, 11) is 4.57. The van der Waals surface area contributed by atoms with Crippen molar-refractivity contribution in [2.45, 2.75) is 12.0 Å². The summed E-state index contributed by atoms with van der Waals surface area (Å²) in [4.78, 5) is 14.2. The molecule has 2 unspecified atom stereocenters. The number of hydrogen-bond acceptors (Lipinski definition) is 6. The van der Waals surface area contributed by atoms with Crippen LogP contribution in [0.2, 0.25) is 0 Å². The molecule has 0 aromatic heterocycles. The highest BCUT2D eigenvalue weighted by atomic mass is 16.5. The van der Waals surface area contributed by atoms with Crippen LogP contribution in [0.5, 0.6) is 11.5 Å². The van der Waals surface area contributed by atoms with Gasteiger partial charge in [0.05, 0.1) is 33.3 Å². The Hall–Kier alpha value is -3.20. The van der Waals surface area contributed by atoms with Crippen molar-refractivity contribution in [3.8, 4) is 17.6 Å². The van der Waals surface area contributed by atoms with Gasteiger partial charge in [-0.2, -0.15) is 5.26 Å². The van der Waals surface area contributed by atoms with Crippen LogP contribution < -0.4 is 14.4 Å². The van der Waals surface area contributed by atoms with E-state index in [0.29, 0.717) is 18.7 Å². The first-order valence-electron chi connectivity index (χ1n) is 8.63. The maximum atomic E-state index is 12.2. The minimum Gasteiger partial charge on any atom is -0.497 e. The molecule has 0 aliphatic carbocycles. The molecular weight excluding hydrogens is 344 g/mol. The third kappa shape index (κ3) is 3.28. The molecule has 0 amide bonds. The summed E-state index contributed by atoms with van der Waals surface area (Å²) in [6.45, 7) is 0.393. The smallest absolute Gasteiger partial charge is 0.310 e. The largest absolute Gasteiger partial charge is 0.497 e. The number of ether oxygens (including phenoxy) is 3. The number of carbonyl (C=O) groups is 1. The Bertz CT molecular complexity index is 859. The molecular formula is C21H22N2O4. The number of benzene rings is 2. The Morgan fingerprint density at radius 2 is 1.81 bits per heavy atom. The normalized spacial score (nSPS) is 21.4. The van der Waals surface area contributed by atoms with Crippen molar-refractivity contribution in [2.75, 3.05) is 32.8 Å². The molecule has 27 heavy (non-hydrogen) atoms. The average Bonchev–Trinajstić information content (AvgIpc) is 3.14. The number of methoxy groups -OCH3 is 3. The molecule has 2 atom stereocenters. The van der Waals surface area contributed by atoms with E-state index in [9.17, 15) is 10.1 Å². The predicted octanol–water partition coefficient (Wildman–Crippen LogP) is 3.12. The van der Waals surface area contributed by atoms with Crippen LogP contribution in [0.4, 0.5) is 5.69 Å². The van der Waals surface area contributed by atoms with Gasteiger partial charge in [-0.05, 0) is 42.0 Å². The summed E-state index contributed by atoms with van der Waals surface area (Å²) in [6, 6.07) is 17.4. The highest BCUT2D eigenvalue weighted by molar-refractivity contribution is 5.76. The van der Waals surface area contributed by atoms with Gasteiger partial charge in [-0.25, -0.2) is 0 Å². The Kier molecular flexibility index (Phi) is 5.22. The van der Waals surface area contributed by atoms with E-state index in [1.807, 2.05) is 53.4 Å². The fourth-order valence-corrected chi connectivity index (χ4v) is 3.64. The lowest BCUT2D eigenvalue weighted by atomic mass is 9.85. The van der Waals surface area contributed by atoms with Crippen molar-refractivity contribution in [3.63, 3.8) is 0 Å². The van der Waals surface area contributed by atoms with Crippen LogP contribution in [-0.2, 0) is 15.1 Å². The molecule has 0 saturated carbocycles. The summed E-state index contributed by atoms with van der Waals surface area (Å²) in [5, 5.41) is 10.2. The van der Waals surface area contributed by atoms with Crippen LogP contribution in [0, 0.1) is 17.2 Å². The van der Waals surface area contributed by atoms with E-state index in [1.165, 1.54) is 7.11 Å². The Morgan fingerprint density at radius 3 is 2.41 bits per heavy atom. The van der Waals surface area contributed by atoms with E-state index in [-0.39, 0.29) is 5.97 Å². The monoisotopic (exact) mass is 366 g/mol. The van der Waals surface area contributed by atoms with Crippen LogP contribution in [0.1, 0.15) is 12.0 Å². The predicted molar refractivity (Wildman–Crippen MR) is 101 cm³/mol. The number of esters is 1. The van der Waals surface area contributed by atoms with Gasteiger partial charge in [0.1, 0.15) is 11.5 Å². The first kappa shape index (κ1) is 18.6. The average molecular weight is 366 g/mol. The molecule has 6 heteroatoms. The summed E-state index contributed by atoms with van der Waals surface area (Å²) >= 11 is 0. The fourth-order valence-electron chi connectivity index (χ4n) is 3.64. The third-order valence-corrected chi connectivity index (χ3v) is 5.06. The van der Waals surface area contributed by atoms with Gasteiger partial charge >= 0.3 is 5.97 Å². The van der Waals surface area contributed by atoms with Gasteiger partial charge in [0.25, 0.3) is 0 Å². The Morgan fingerprint density at radius 1 is 1.11 bits per heavy atom. The molecule has 1 aliphatic heterocycles. The molecule has 2 aromatic carbocycles. The molecule has 3 rings (SSSR count). The van der Waals surface area contributed by atoms with Crippen molar-refractivity contribution in [2.24, 2.45) is 5.92 Å². The minimum atomic E-state index is -0.998. The lowest BCUT2D eigenvalue weighted by Crippen LogP contribution is -2.40. The van der Waals surface area contributed by atoms with Crippen molar-refractivity contribution in [1.82, 2.24) is 0 Å². The Balaban J connectivity index is 2.10. The third-order valence-electron chi connectivity index (χ3n) is 5.06. The molecule has 140 valence electrons. The van der Waals surface area contributed by atoms with E-state index >= 15 is 0 Å². The minimum absolute atomic E-state index is 0.312. The van der Waals surface area contributed by atoms with Gasteiger partial charge in [-0.1, -0.05) is 12.1 Å². The van der Waals surface area contributed by atoms with Gasteiger partial charge < -0.3 is 19.1 Å². The molecule has 6 nitrogen and oxygen atoms in total. The van der Waals surface area contributed by atoms with E-state index < -0.39 is 11.5 Å². The van der Waals surface area contributed by atoms with Crippen LogP contribution >= 0.6 is 0 Å². The zero-order chi connectivity index (χ0) is 19.4. The van der Waals surface area contributed by atoms with Crippen LogP contribution in [0.3, 0.4) is 0 Å². The lowest BCUT2D eigenvalue weighted by molar-refractivity contribution is -0.144. The van der Waals surface area contributed by atoms with E-state index in [4.69, 9.17) is 14.2 Å². The maximum absolute atomic E-state index is 12.2. The van der Waals surface area contributed by atoms with Gasteiger partial charge in [0, 0.05) is 18.7 Å². The first-order chi connectivity index (χ1) is 13.1. The molecule has 0 N–H and O–H groups in total. The zero-order valence-electron chi connectivity index (χ0n) is 15.6. The molecule has 0 spiro atoms. The standard InChI is InChI=1S/C21H22N2O4/c1-25-18-9-7-17(8-10-18)23-13-15(20(24)27-3)12-21(23,14-22)16-5-4-6-19(11-16)26-2/h4-11,15H,12-13H2,1-3H3. The molecule has 1 saturated heterocycles. The topological polar surface area (TPSA) is 71.8 Å². The highest BCUT2D eigenvalue weighted by Crippen LogP contribution is 2.45. The fraction of sp³-hybridized carbons (Fsp3) is 0.333. The number of carbonyl (C=O) groups excluding carboxylic acids is 1. The lowest BCUT2D eigenvalue weighted by Gasteiger charge is -2.34. The molecule has 1 aliphatic rings. The van der Waals surface area contributed by atoms with Crippen molar-refractivity contribution < 1.29 is 19.0 Å². The van der Waals surface area contributed by atoms with Crippen LogP contribution in [-0.4, -0.2) is 33.8 Å². The van der Waals surface area contributed by atoms with Gasteiger partial charge in [-0.3, -0.25) is 4.79 Å². The molecule has 1 fully saturated rings. The number of nitrogens with zero attached hydrogens (tertiary/aromatic N) is 2. The van der Waals surface area contributed by atoms with Gasteiger partial charge in [0.2, 0.25) is 0 Å². The SMILES string of the molecule is COC(=O)C1CN(c2ccc(OC)cc2)C(C#N)(c2cccc(OC)c2)C1. The number of nitriles is 1. The number of hydrogen-bond donors (Lipinski definition) is 0. The molecule has 0 radical (unpaired) electrons. The summed E-state index contributed by atoms with van der Waals surface area (Å²) in [6.07, 6.45) is 0.343. The second-order valence-electron chi connectivity index (χ2n) is 6.44. The molecule has 1 heterocycles. The second kappa shape index (κ2) is 7.58. The van der Waals surface area contributed by atoms with Crippen LogP contribution in [0.25, 0.3) is 0 Å². The first-order valence-corrected chi connectivity index (χ1v) is 8.63. The van der Waals surface area contributed by atoms with Crippen LogP contribution in [0.15, 0.2) is 48.5 Å². The van der Waals surface area contributed by atoms with E-state index in [2.05, 4.69) is 6.07 Å². The van der Waals surface area contributed by atoms with Gasteiger partial charge in [0.15, 0.2) is 5.54 Å². The quantitative estimate of drug-likeness (QED) is 0.757. The number of rotatable bonds is 5. The zero-order valence-corrected chi connectivity index (χ0v) is 15.6. The van der Waals surface area contributed by atoms with Crippen molar-refractivity contribution >= 4 is 11.7 Å². The summed E-state index contributed by atoms with van der Waals surface area (Å²) in [5.41, 5.74) is 0.625.